The Morgan fingerprint density at radius 1 is 1.30 bits per heavy atom. The van der Waals surface area contributed by atoms with Crippen LogP contribution < -0.4 is 11.1 Å². The van der Waals surface area contributed by atoms with Crippen LogP contribution in [0, 0.1) is 5.41 Å². The highest BCUT2D eigenvalue weighted by atomic mass is 16.4. The van der Waals surface area contributed by atoms with Crippen molar-refractivity contribution in [2.24, 2.45) is 5.41 Å². The summed E-state index contributed by atoms with van der Waals surface area (Å²) in [6, 6.07) is 7.33. The third-order valence-corrected chi connectivity index (χ3v) is 3.10. The van der Waals surface area contributed by atoms with Gasteiger partial charge in [-0.25, -0.2) is 4.79 Å². The number of aryl methyl sites for hydroxylation is 1. The number of hydrogen-bond acceptors (Lipinski definition) is 3. The van der Waals surface area contributed by atoms with E-state index in [-0.39, 0.29) is 17.1 Å². The molecule has 108 valence electrons. The monoisotopic (exact) mass is 276 g/mol. The van der Waals surface area contributed by atoms with Gasteiger partial charge in [0, 0.05) is 18.5 Å². The summed E-state index contributed by atoms with van der Waals surface area (Å²) in [5.74, 6) is -0.338. The zero-order valence-electron chi connectivity index (χ0n) is 12.1. The molecular formula is C15H20N2O3. The highest BCUT2D eigenvalue weighted by Crippen LogP contribution is 2.13. The van der Waals surface area contributed by atoms with Crippen molar-refractivity contribution < 1.29 is 9.21 Å². The van der Waals surface area contributed by atoms with Crippen molar-refractivity contribution in [3.8, 4) is 0 Å². The molecule has 2 rings (SSSR count). The molecule has 5 heteroatoms. The number of carbonyl (C=O) groups is 1. The first-order valence-corrected chi connectivity index (χ1v) is 6.76. The van der Waals surface area contributed by atoms with E-state index in [0.29, 0.717) is 25.1 Å². The second kappa shape index (κ2) is 5.53. The maximum absolute atomic E-state index is 11.7. The largest absolute Gasteiger partial charge is 0.419 e. The molecule has 0 aliphatic heterocycles. The van der Waals surface area contributed by atoms with E-state index in [2.05, 4.69) is 5.32 Å². The standard InChI is InChI=1S/C15H20N2O3/c1-15(2,3)13(18)16-9-6-10-17-11-7-4-5-8-12(11)20-14(17)19/h4-5,7-8H,6,9-10H2,1-3H3,(H,16,18). The fraction of sp³-hybridized carbons (Fsp3) is 0.467. The van der Waals surface area contributed by atoms with Crippen molar-refractivity contribution >= 4 is 17.0 Å². The first-order chi connectivity index (χ1) is 9.39. The number of carbonyl (C=O) groups excluding carboxylic acids is 1. The Kier molecular flexibility index (Phi) is 3.97. The van der Waals surface area contributed by atoms with Crippen LogP contribution >= 0.6 is 0 Å². The molecule has 0 aliphatic carbocycles. The van der Waals surface area contributed by atoms with Crippen molar-refractivity contribution in [2.75, 3.05) is 6.54 Å². The normalized spacial score (nSPS) is 11.8. The lowest BCUT2D eigenvalue weighted by Crippen LogP contribution is -2.35. The molecule has 0 unspecified atom stereocenters. The summed E-state index contributed by atoms with van der Waals surface area (Å²) >= 11 is 0. The average Bonchev–Trinajstić information content (AvgIpc) is 2.69. The lowest BCUT2D eigenvalue weighted by atomic mass is 9.96. The molecule has 0 aliphatic rings. The number of amides is 1. The van der Waals surface area contributed by atoms with Crippen molar-refractivity contribution in [2.45, 2.75) is 33.7 Å². The van der Waals surface area contributed by atoms with Crippen LogP contribution in [0.4, 0.5) is 0 Å². The highest BCUT2D eigenvalue weighted by Gasteiger charge is 2.20. The van der Waals surface area contributed by atoms with Crippen LogP contribution in [0.3, 0.4) is 0 Å². The molecule has 1 aromatic carbocycles. The summed E-state index contributed by atoms with van der Waals surface area (Å²) < 4.78 is 6.75. The van der Waals surface area contributed by atoms with Crippen LogP contribution in [0.25, 0.3) is 11.1 Å². The van der Waals surface area contributed by atoms with E-state index in [1.165, 1.54) is 0 Å². The Morgan fingerprint density at radius 2 is 2.00 bits per heavy atom. The number of benzene rings is 1. The number of aromatic nitrogens is 1. The van der Waals surface area contributed by atoms with E-state index in [4.69, 9.17) is 4.42 Å². The summed E-state index contributed by atoms with van der Waals surface area (Å²) in [4.78, 5) is 23.4. The number of rotatable bonds is 4. The Morgan fingerprint density at radius 3 is 2.70 bits per heavy atom. The molecule has 0 radical (unpaired) electrons. The number of nitrogens with one attached hydrogen (secondary N) is 1. The molecule has 1 amide bonds. The van der Waals surface area contributed by atoms with Gasteiger partial charge in [-0.3, -0.25) is 9.36 Å². The maximum Gasteiger partial charge on any atom is 0.419 e. The van der Waals surface area contributed by atoms with E-state index in [0.717, 1.165) is 5.52 Å². The molecule has 0 bridgehead atoms. The van der Waals surface area contributed by atoms with E-state index < -0.39 is 0 Å². The zero-order valence-corrected chi connectivity index (χ0v) is 12.1. The Labute approximate surface area is 117 Å². The van der Waals surface area contributed by atoms with Crippen molar-refractivity contribution in [1.29, 1.82) is 0 Å². The fourth-order valence-corrected chi connectivity index (χ4v) is 1.93. The molecule has 0 saturated carbocycles. The van der Waals surface area contributed by atoms with Crippen LogP contribution in [0.1, 0.15) is 27.2 Å². The summed E-state index contributed by atoms with van der Waals surface area (Å²) in [6.45, 7) is 6.69. The second-order valence-corrected chi connectivity index (χ2v) is 5.85. The summed E-state index contributed by atoms with van der Waals surface area (Å²) in [7, 11) is 0. The second-order valence-electron chi connectivity index (χ2n) is 5.85. The lowest BCUT2D eigenvalue weighted by molar-refractivity contribution is -0.128. The smallest absolute Gasteiger partial charge is 0.408 e. The SMILES string of the molecule is CC(C)(C)C(=O)NCCCn1c(=O)oc2ccccc21. The first kappa shape index (κ1) is 14.4. The van der Waals surface area contributed by atoms with E-state index in [1.807, 2.05) is 39.0 Å². The summed E-state index contributed by atoms with van der Waals surface area (Å²) in [5.41, 5.74) is 0.995. The molecular weight excluding hydrogens is 256 g/mol. The Hall–Kier alpha value is -2.04. The molecule has 1 heterocycles. The molecule has 0 fully saturated rings. The number of oxazole rings is 1. The molecule has 1 aromatic heterocycles. The Balaban J connectivity index is 1.96. The quantitative estimate of drug-likeness (QED) is 0.870. The predicted molar refractivity (Wildman–Crippen MR) is 77.6 cm³/mol. The van der Waals surface area contributed by atoms with Crippen molar-refractivity contribution in [3.05, 3.63) is 34.8 Å². The van der Waals surface area contributed by atoms with Gasteiger partial charge in [0.15, 0.2) is 5.58 Å². The topological polar surface area (TPSA) is 64.2 Å². The van der Waals surface area contributed by atoms with Crippen molar-refractivity contribution in [1.82, 2.24) is 9.88 Å². The van der Waals surface area contributed by atoms with Crippen LogP contribution in [0.15, 0.2) is 33.5 Å². The summed E-state index contributed by atoms with van der Waals surface area (Å²) in [6.07, 6.45) is 0.686. The van der Waals surface area contributed by atoms with Gasteiger partial charge in [0.2, 0.25) is 5.91 Å². The lowest BCUT2D eigenvalue weighted by Gasteiger charge is -2.17. The van der Waals surface area contributed by atoms with Gasteiger partial charge in [-0.2, -0.15) is 0 Å². The predicted octanol–water partition coefficient (Wildman–Crippen LogP) is 2.15. The molecule has 5 nitrogen and oxygen atoms in total. The van der Waals surface area contributed by atoms with Crippen LogP contribution in [0.2, 0.25) is 0 Å². The highest BCUT2D eigenvalue weighted by molar-refractivity contribution is 5.81. The average molecular weight is 276 g/mol. The van der Waals surface area contributed by atoms with Gasteiger partial charge in [-0.05, 0) is 18.6 Å². The first-order valence-electron chi connectivity index (χ1n) is 6.76. The van der Waals surface area contributed by atoms with Crippen LogP contribution in [0.5, 0.6) is 0 Å². The van der Waals surface area contributed by atoms with Crippen LogP contribution in [-0.2, 0) is 11.3 Å². The van der Waals surface area contributed by atoms with Gasteiger partial charge < -0.3 is 9.73 Å². The fourth-order valence-electron chi connectivity index (χ4n) is 1.93. The van der Waals surface area contributed by atoms with E-state index in [9.17, 15) is 9.59 Å². The molecule has 0 saturated heterocycles. The molecule has 20 heavy (non-hydrogen) atoms. The van der Waals surface area contributed by atoms with E-state index >= 15 is 0 Å². The minimum absolute atomic E-state index is 0.0156. The number of nitrogens with zero attached hydrogens (tertiary/aromatic N) is 1. The Bertz CT molecular complexity index is 662. The van der Waals surface area contributed by atoms with Gasteiger partial charge in [0.05, 0.1) is 5.52 Å². The van der Waals surface area contributed by atoms with E-state index in [1.54, 1.807) is 10.6 Å². The maximum atomic E-state index is 11.7. The third-order valence-electron chi connectivity index (χ3n) is 3.10. The van der Waals surface area contributed by atoms with Gasteiger partial charge in [-0.1, -0.05) is 32.9 Å². The molecule has 2 aromatic rings. The van der Waals surface area contributed by atoms with Gasteiger partial charge in [0.1, 0.15) is 0 Å². The number of hydrogen-bond donors (Lipinski definition) is 1. The minimum Gasteiger partial charge on any atom is -0.408 e. The van der Waals surface area contributed by atoms with Gasteiger partial charge >= 0.3 is 5.76 Å². The minimum atomic E-state index is -0.390. The van der Waals surface area contributed by atoms with Crippen LogP contribution in [-0.4, -0.2) is 17.0 Å². The zero-order chi connectivity index (χ0) is 14.8. The van der Waals surface area contributed by atoms with Gasteiger partial charge in [0.25, 0.3) is 0 Å². The molecule has 1 N–H and O–H groups in total. The number of fused-ring (bicyclic) bond motifs is 1. The third kappa shape index (κ3) is 3.10. The molecule has 0 atom stereocenters. The van der Waals surface area contributed by atoms with Gasteiger partial charge in [-0.15, -0.1) is 0 Å². The summed E-state index contributed by atoms with van der Waals surface area (Å²) in [5, 5.41) is 2.87. The van der Waals surface area contributed by atoms with Crippen molar-refractivity contribution in [3.63, 3.8) is 0 Å². The number of para-hydroxylation sites is 2. The molecule has 0 spiro atoms.